The van der Waals surface area contributed by atoms with Gasteiger partial charge in [0.25, 0.3) is 0 Å². The first-order valence-corrected chi connectivity index (χ1v) is 7.20. The molecule has 0 atom stereocenters. The number of hydrogen-bond donors (Lipinski definition) is 1. The molecule has 1 amide bonds. The molecule has 0 aromatic heterocycles. The summed E-state index contributed by atoms with van der Waals surface area (Å²) in [5.74, 6) is -0.709. The monoisotopic (exact) mass is 305 g/mol. The zero-order valence-electron chi connectivity index (χ0n) is 13.4. The number of hydrogen-bond acceptors (Lipinski definition) is 3. The molecule has 6 heteroatoms. The minimum atomic E-state index is -0.734. The zero-order chi connectivity index (χ0) is 16.5. The summed E-state index contributed by atoms with van der Waals surface area (Å²) in [6, 6.07) is 4.75. The molecule has 118 valence electrons. The predicted octanol–water partition coefficient (Wildman–Crippen LogP) is 1.93. The fourth-order valence-electron chi connectivity index (χ4n) is 2.10. The van der Waals surface area contributed by atoms with Gasteiger partial charge in [-0.1, -0.05) is 18.7 Å². The van der Waals surface area contributed by atoms with Crippen LogP contribution in [0.15, 0.2) is 30.9 Å². The normalized spacial score (nSPS) is 19.0. The van der Waals surface area contributed by atoms with Crippen LogP contribution in [0.25, 0.3) is 0 Å². The molecule has 1 aromatic rings. The molecule has 4 nitrogen and oxygen atoms in total. The molecule has 1 aliphatic heterocycles. The van der Waals surface area contributed by atoms with Crippen molar-refractivity contribution in [1.82, 2.24) is 5.32 Å². The van der Waals surface area contributed by atoms with Crippen molar-refractivity contribution in [3.63, 3.8) is 0 Å². The van der Waals surface area contributed by atoms with Crippen molar-refractivity contribution in [2.75, 3.05) is 0 Å². The quantitative estimate of drug-likeness (QED) is 0.683. The Kier molecular flexibility index (Phi) is 4.45. The number of nitrogens with one attached hydrogen (secondary N) is 1. The summed E-state index contributed by atoms with van der Waals surface area (Å²) in [6.45, 7) is 11.3. The van der Waals surface area contributed by atoms with Gasteiger partial charge >= 0.3 is 7.12 Å². The van der Waals surface area contributed by atoms with E-state index in [1.54, 1.807) is 12.1 Å². The first-order valence-electron chi connectivity index (χ1n) is 7.20. The lowest BCUT2D eigenvalue weighted by molar-refractivity contribution is -0.116. The summed E-state index contributed by atoms with van der Waals surface area (Å²) in [4.78, 5) is 11.1. The van der Waals surface area contributed by atoms with Crippen molar-refractivity contribution in [2.24, 2.45) is 0 Å². The maximum Gasteiger partial charge on any atom is 0.497 e. The Bertz CT molecular complexity index is 585. The number of amides is 1. The van der Waals surface area contributed by atoms with Crippen molar-refractivity contribution < 1.29 is 18.5 Å². The third kappa shape index (κ3) is 3.23. The van der Waals surface area contributed by atoms with Crippen molar-refractivity contribution in [2.45, 2.75) is 45.4 Å². The molecular weight excluding hydrogens is 284 g/mol. The molecule has 1 heterocycles. The molecule has 0 unspecified atom stereocenters. The summed E-state index contributed by atoms with van der Waals surface area (Å²) in [5.41, 5.74) is -0.00746. The van der Waals surface area contributed by atoms with E-state index in [1.807, 2.05) is 27.7 Å². The second kappa shape index (κ2) is 5.86. The molecule has 0 saturated carbocycles. The highest BCUT2D eigenvalue weighted by Crippen LogP contribution is 2.36. The highest BCUT2D eigenvalue weighted by Gasteiger charge is 2.52. The maximum atomic E-state index is 14.3. The van der Waals surface area contributed by atoms with Crippen molar-refractivity contribution >= 4 is 18.5 Å². The number of rotatable bonds is 4. The highest BCUT2D eigenvalue weighted by atomic mass is 19.1. The molecule has 1 saturated heterocycles. The fraction of sp³-hybridized carbons (Fsp3) is 0.438. The van der Waals surface area contributed by atoms with Gasteiger partial charge in [0.05, 0.1) is 11.2 Å². The SMILES string of the molecule is C=CC(=O)NCc1ccc(B2OC(C)(C)C(C)(C)O2)c(F)c1. The van der Waals surface area contributed by atoms with Crippen molar-refractivity contribution in [1.29, 1.82) is 0 Å². The second-order valence-corrected chi connectivity index (χ2v) is 6.37. The van der Waals surface area contributed by atoms with Gasteiger partial charge in [-0.3, -0.25) is 4.79 Å². The topological polar surface area (TPSA) is 47.6 Å². The number of carbonyl (C=O) groups is 1. The van der Waals surface area contributed by atoms with Crippen LogP contribution in [0.3, 0.4) is 0 Å². The third-order valence-electron chi connectivity index (χ3n) is 4.22. The van der Waals surface area contributed by atoms with E-state index >= 15 is 0 Å². The van der Waals surface area contributed by atoms with Crippen LogP contribution < -0.4 is 10.8 Å². The fourth-order valence-corrected chi connectivity index (χ4v) is 2.10. The van der Waals surface area contributed by atoms with E-state index in [1.165, 1.54) is 12.1 Å². The molecule has 22 heavy (non-hydrogen) atoms. The third-order valence-corrected chi connectivity index (χ3v) is 4.22. The van der Waals surface area contributed by atoms with Crippen LogP contribution >= 0.6 is 0 Å². The lowest BCUT2D eigenvalue weighted by Gasteiger charge is -2.32. The summed E-state index contributed by atoms with van der Waals surface area (Å²) in [6.07, 6.45) is 1.18. The average molecular weight is 305 g/mol. The number of carbonyl (C=O) groups excluding carboxylic acids is 1. The van der Waals surface area contributed by atoms with Gasteiger partial charge in [-0.15, -0.1) is 0 Å². The summed E-state index contributed by atoms with van der Waals surface area (Å²) in [7, 11) is -0.734. The van der Waals surface area contributed by atoms with E-state index < -0.39 is 24.1 Å². The van der Waals surface area contributed by atoms with Crippen LogP contribution in [0.1, 0.15) is 33.3 Å². The molecule has 0 spiro atoms. The van der Waals surface area contributed by atoms with E-state index in [4.69, 9.17) is 9.31 Å². The Morgan fingerprint density at radius 1 is 1.32 bits per heavy atom. The molecule has 1 fully saturated rings. The zero-order valence-corrected chi connectivity index (χ0v) is 13.4. The first-order chi connectivity index (χ1) is 10.2. The second-order valence-electron chi connectivity index (χ2n) is 6.37. The largest absolute Gasteiger partial charge is 0.497 e. The van der Waals surface area contributed by atoms with E-state index in [0.29, 0.717) is 11.0 Å². The van der Waals surface area contributed by atoms with Crippen LogP contribution in [0, 0.1) is 5.82 Å². The average Bonchev–Trinajstić information content (AvgIpc) is 2.64. The lowest BCUT2D eigenvalue weighted by Crippen LogP contribution is -2.41. The minimum absolute atomic E-state index is 0.241. The molecule has 1 aromatic carbocycles. The molecule has 0 radical (unpaired) electrons. The number of benzene rings is 1. The molecule has 2 rings (SSSR count). The Labute approximate surface area is 130 Å². The van der Waals surface area contributed by atoms with Crippen LogP contribution in [0.2, 0.25) is 0 Å². The van der Waals surface area contributed by atoms with Crippen molar-refractivity contribution in [3.05, 3.63) is 42.2 Å². The lowest BCUT2D eigenvalue weighted by atomic mass is 9.78. The molecule has 1 N–H and O–H groups in total. The van der Waals surface area contributed by atoms with E-state index in [2.05, 4.69) is 11.9 Å². The smallest absolute Gasteiger partial charge is 0.399 e. The van der Waals surface area contributed by atoms with E-state index in [0.717, 1.165) is 0 Å². The van der Waals surface area contributed by atoms with Crippen LogP contribution in [0.5, 0.6) is 0 Å². The standard InChI is InChI=1S/C16H21BFNO3/c1-6-14(20)19-10-11-7-8-12(13(18)9-11)17-21-15(2,3)16(4,5)22-17/h6-9H,1,10H2,2-5H3,(H,19,20). The Hall–Kier alpha value is -1.66. The molecule has 0 aliphatic carbocycles. The molecule has 0 bridgehead atoms. The van der Waals surface area contributed by atoms with Gasteiger partial charge in [0.1, 0.15) is 5.82 Å². The van der Waals surface area contributed by atoms with E-state index in [-0.39, 0.29) is 12.5 Å². The van der Waals surface area contributed by atoms with Crippen LogP contribution in [-0.2, 0) is 20.6 Å². The van der Waals surface area contributed by atoms with Gasteiger partial charge in [0.2, 0.25) is 5.91 Å². The van der Waals surface area contributed by atoms with Gasteiger partial charge in [-0.05, 0) is 45.4 Å². The molecular formula is C16H21BFNO3. The van der Waals surface area contributed by atoms with Gasteiger partial charge in [0.15, 0.2) is 0 Å². The summed E-state index contributed by atoms with van der Waals surface area (Å²) in [5, 5.41) is 2.60. The highest BCUT2D eigenvalue weighted by molar-refractivity contribution is 6.62. The first kappa shape index (κ1) is 16.7. The van der Waals surface area contributed by atoms with Gasteiger partial charge in [-0.25, -0.2) is 4.39 Å². The predicted molar refractivity (Wildman–Crippen MR) is 84.2 cm³/mol. The minimum Gasteiger partial charge on any atom is -0.399 e. The van der Waals surface area contributed by atoms with Crippen LogP contribution in [0.4, 0.5) is 4.39 Å². The van der Waals surface area contributed by atoms with Crippen LogP contribution in [-0.4, -0.2) is 24.2 Å². The van der Waals surface area contributed by atoms with Crippen molar-refractivity contribution in [3.8, 4) is 0 Å². The Balaban J connectivity index is 2.14. The van der Waals surface area contributed by atoms with Gasteiger partial charge in [-0.2, -0.15) is 0 Å². The molecule has 1 aliphatic rings. The van der Waals surface area contributed by atoms with Gasteiger partial charge in [0, 0.05) is 12.0 Å². The number of halogens is 1. The van der Waals surface area contributed by atoms with E-state index in [9.17, 15) is 9.18 Å². The maximum absolute atomic E-state index is 14.3. The summed E-state index contributed by atoms with van der Waals surface area (Å²) < 4.78 is 26.0. The Morgan fingerprint density at radius 3 is 2.41 bits per heavy atom. The van der Waals surface area contributed by atoms with Gasteiger partial charge < -0.3 is 14.6 Å². The summed E-state index contributed by atoms with van der Waals surface area (Å²) >= 11 is 0. The Morgan fingerprint density at radius 2 is 1.91 bits per heavy atom.